The van der Waals surface area contributed by atoms with Crippen molar-refractivity contribution in [1.29, 1.82) is 0 Å². The van der Waals surface area contributed by atoms with Gasteiger partial charge in [0.2, 0.25) is 0 Å². The maximum Gasteiger partial charge on any atom is 0.0183 e. The molecule has 1 aliphatic rings. The molecule has 0 aliphatic carbocycles. The second-order valence-electron chi connectivity index (χ2n) is 3.41. The van der Waals surface area contributed by atoms with Gasteiger partial charge in [-0.2, -0.15) is 0 Å². The van der Waals surface area contributed by atoms with Crippen molar-refractivity contribution in [2.75, 3.05) is 13.1 Å². The molecule has 0 radical (unpaired) electrons. The lowest BCUT2D eigenvalue weighted by Crippen LogP contribution is -2.39. The van der Waals surface area contributed by atoms with E-state index >= 15 is 0 Å². The van der Waals surface area contributed by atoms with Gasteiger partial charge in [0.15, 0.2) is 0 Å². The summed E-state index contributed by atoms with van der Waals surface area (Å²) >= 11 is 2.00. The zero-order valence-corrected chi connectivity index (χ0v) is 8.29. The first-order valence-corrected chi connectivity index (χ1v) is 5.51. The van der Waals surface area contributed by atoms with Crippen LogP contribution in [0.25, 0.3) is 0 Å². The third kappa shape index (κ3) is 1.54. The van der Waals surface area contributed by atoms with Gasteiger partial charge < -0.3 is 5.32 Å². The highest BCUT2D eigenvalue weighted by atomic mass is 32.1. The van der Waals surface area contributed by atoms with E-state index in [4.69, 9.17) is 0 Å². The summed E-state index contributed by atoms with van der Waals surface area (Å²) in [6.45, 7) is 4.61. The van der Waals surface area contributed by atoms with Gasteiger partial charge in [-0.25, -0.2) is 0 Å². The van der Waals surface area contributed by atoms with E-state index in [1.54, 1.807) is 9.75 Å². The minimum absolute atomic E-state index is 0.820. The van der Waals surface area contributed by atoms with E-state index in [1.165, 1.54) is 25.9 Å². The molecule has 1 nitrogen and oxygen atoms in total. The van der Waals surface area contributed by atoms with E-state index in [1.807, 2.05) is 11.3 Å². The molecule has 0 unspecified atom stereocenters. The van der Waals surface area contributed by atoms with Crippen LogP contribution in [0.5, 0.6) is 0 Å². The van der Waals surface area contributed by atoms with E-state index in [0.29, 0.717) is 0 Å². The van der Waals surface area contributed by atoms with Crippen LogP contribution < -0.4 is 5.32 Å². The molecule has 1 fully saturated rings. The lowest BCUT2D eigenvalue weighted by Gasteiger charge is -2.25. The summed E-state index contributed by atoms with van der Waals surface area (Å²) in [5.74, 6) is 0.820. The number of hydrogen-bond donors (Lipinski definition) is 1. The van der Waals surface area contributed by atoms with Crippen LogP contribution in [0.4, 0.5) is 0 Å². The highest BCUT2D eigenvalue weighted by molar-refractivity contribution is 7.12. The summed E-state index contributed by atoms with van der Waals surface area (Å²) in [5, 5.41) is 3.31. The third-order valence-electron chi connectivity index (χ3n) is 2.36. The number of aryl methyl sites for hydroxylation is 1. The Morgan fingerprint density at radius 2 is 2.33 bits per heavy atom. The Bertz CT molecular complexity index is 250. The lowest BCUT2D eigenvalue weighted by molar-refractivity contribution is 0.454. The van der Waals surface area contributed by atoms with Crippen molar-refractivity contribution in [2.45, 2.75) is 25.7 Å². The fourth-order valence-corrected chi connectivity index (χ4v) is 2.70. The predicted molar refractivity (Wildman–Crippen MR) is 53.9 cm³/mol. The van der Waals surface area contributed by atoms with Crippen LogP contribution >= 0.6 is 11.3 Å². The average molecular weight is 181 g/mol. The zero-order valence-electron chi connectivity index (χ0n) is 7.47. The molecule has 0 aromatic carbocycles. The second-order valence-corrected chi connectivity index (χ2v) is 4.61. The van der Waals surface area contributed by atoms with Crippen LogP contribution in [0, 0.1) is 0 Å². The molecule has 0 saturated carbocycles. The quantitative estimate of drug-likeness (QED) is 0.755. The van der Waals surface area contributed by atoms with Gasteiger partial charge in [-0.1, -0.05) is 13.3 Å². The topological polar surface area (TPSA) is 12.0 Å². The maximum absolute atomic E-state index is 3.31. The Morgan fingerprint density at radius 3 is 2.92 bits per heavy atom. The number of rotatable bonds is 3. The van der Waals surface area contributed by atoms with Crippen LogP contribution in [0.1, 0.15) is 29.0 Å². The molecule has 1 saturated heterocycles. The van der Waals surface area contributed by atoms with Gasteiger partial charge in [0.1, 0.15) is 0 Å². The monoisotopic (exact) mass is 181 g/mol. The summed E-state index contributed by atoms with van der Waals surface area (Å²) in [7, 11) is 0. The molecule has 12 heavy (non-hydrogen) atoms. The molecule has 0 spiro atoms. The van der Waals surface area contributed by atoms with E-state index in [9.17, 15) is 0 Å². The van der Waals surface area contributed by atoms with E-state index in [-0.39, 0.29) is 0 Å². The highest BCUT2D eigenvalue weighted by Crippen LogP contribution is 2.27. The van der Waals surface area contributed by atoms with Gasteiger partial charge in [0, 0.05) is 28.8 Å². The average Bonchev–Trinajstić information content (AvgIpc) is 2.34. The van der Waals surface area contributed by atoms with Gasteiger partial charge in [-0.05, 0) is 18.6 Å². The smallest absolute Gasteiger partial charge is 0.0183 e. The Kier molecular flexibility index (Phi) is 2.47. The molecule has 66 valence electrons. The standard InChI is InChI=1S/C10H15NS/c1-2-3-9-4-5-10(12-9)8-6-11-7-8/h4-5,8,11H,2-3,6-7H2,1H3. The Morgan fingerprint density at radius 1 is 1.50 bits per heavy atom. The summed E-state index contributed by atoms with van der Waals surface area (Å²) in [4.78, 5) is 3.14. The number of hydrogen-bond acceptors (Lipinski definition) is 2. The van der Waals surface area contributed by atoms with Crippen molar-refractivity contribution in [1.82, 2.24) is 5.32 Å². The largest absolute Gasteiger partial charge is 0.315 e. The van der Waals surface area contributed by atoms with E-state index in [0.717, 1.165) is 5.92 Å². The van der Waals surface area contributed by atoms with E-state index in [2.05, 4.69) is 24.4 Å². The van der Waals surface area contributed by atoms with Crippen LogP contribution in [-0.4, -0.2) is 13.1 Å². The van der Waals surface area contributed by atoms with Crippen molar-refractivity contribution in [3.63, 3.8) is 0 Å². The van der Waals surface area contributed by atoms with Crippen LogP contribution in [-0.2, 0) is 6.42 Å². The van der Waals surface area contributed by atoms with Gasteiger partial charge in [0.05, 0.1) is 0 Å². The third-order valence-corrected chi connectivity index (χ3v) is 3.67. The highest BCUT2D eigenvalue weighted by Gasteiger charge is 2.19. The first kappa shape index (κ1) is 8.27. The Labute approximate surface area is 77.8 Å². The van der Waals surface area contributed by atoms with Crippen molar-refractivity contribution in [2.24, 2.45) is 0 Å². The van der Waals surface area contributed by atoms with E-state index < -0.39 is 0 Å². The molecule has 1 aromatic heterocycles. The van der Waals surface area contributed by atoms with Crippen LogP contribution in [0.2, 0.25) is 0 Å². The number of nitrogens with one attached hydrogen (secondary N) is 1. The van der Waals surface area contributed by atoms with Crippen LogP contribution in [0.3, 0.4) is 0 Å². The molecule has 2 rings (SSSR count). The summed E-state index contributed by atoms with van der Waals surface area (Å²) in [6.07, 6.45) is 2.52. The van der Waals surface area contributed by atoms with Gasteiger partial charge in [0.25, 0.3) is 0 Å². The minimum atomic E-state index is 0.820. The Hall–Kier alpha value is -0.340. The number of thiophene rings is 1. The SMILES string of the molecule is CCCc1ccc(C2CNC2)s1. The van der Waals surface area contributed by atoms with Gasteiger partial charge in [-0.3, -0.25) is 0 Å². The van der Waals surface area contributed by atoms with Crippen molar-refractivity contribution in [3.05, 3.63) is 21.9 Å². The van der Waals surface area contributed by atoms with Crippen LogP contribution in [0.15, 0.2) is 12.1 Å². The lowest BCUT2D eigenvalue weighted by atomic mass is 10.0. The molecule has 2 heterocycles. The van der Waals surface area contributed by atoms with Crippen molar-refractivity contribution < 1.29 is 0 Å². The minimum Gasteiger partial charge on any atom is -0.315 e. The van der Waals surface area contributed by atoms with Crippen molar-refractivity contribution >= 4 is 11.3 Å². The molecule has 1 aromatic rings. The first-order valence-electron chi connectivity index (χ1n) is 4.69. The molecule has 1 aliphatic heterocycles. The molecule has 0 bridgehead atoms. The zero-order chi connectivity index (χ0) is 8.39. The summed E-state index contributed by atoms with van der Waals surface area (Å²) in [5.41, 5.74) is 0. The summed E-state index contributed by atoms with van der Waals surface area (Å²) < 4.78 is 0. The maximum atomic E-state index is 3.31. The van der Waals surface area contributed by atoms with Crippen molar-refractivity contribution in [3.8, 4) is 0 Å². The molecular formula is C10H15NS. The molecule has 1 N–H and O–H groups in total. The van der Waals surface area contributed by atoms with Gasteiger partial charge in [-0.15, -0.1) is 11.3 Å². The predicted octanol–water partition coefficient (Wildman–Crippen LogP) is 2.39. The first-order chi connectivity index (χ1) is 5.90. The fraction of sp³-hybridized carbons (Fsp3) is 0.600. The fourth-order valence-electron chi connectivity index (χ4n) is 1.48. The normalized spacial score (nSPS) is 17.8. The molecule has 0 atom stereocenters. The van der Waals surface area contributed by atoms with Gasteiger partial charge >= 0.3 is 0 Å². The second kappa shape index (κ2) is 3.58. The summed E-state index contributed by atoms with van der Waals surface area (Å²) in [6, 6.07) is 4.60. The molecular weight excluding hydrogens is 166 g/mol. The Balaban J connectivity index is 2.02. The molecule has 2 heteroatoms. The molecule has 0 amide bonds.